The van der Waals surface area contributed by atoms with Crippen molar-refractivity contribution in [1.29, 1.82) is 0 Å². The van der Waals surface area contributed by atoms with Gasteiger partial charge in [0.05, 0.1) is 0 Å². The highest BCUT2D eigenvalue weighted by molar-refractivity contribution is 5.85. The monoisotopic (exact) mass is 170 g/mol. The van der Waals surface area contributed by atoms with Gasteiger partial charge in [-0.05, 0) is 13.3 Å². The second-order valence-corrected chi connectivity index (χ2v) is 2.27. The summed E-state index contributed by atoms with van der Waals surface area (Å²) in [4.78, 5) is 10.4. The summed E-state index contributed by atoms with van der Waals surface area (Å²) in [7, 11) is 0. The van der Waals surface area contributed by atoms with Crippen LogP contribution >= 0.6 is 0 Å². The molecule has 0 aromatic rings. The first kappa shape index (κ1) is 10.4. The molecule has 0 bridgehead atoms. The predicted octanol–water partition coefficient (Wildman–Crippen LogP) is 1.28. The molecule has 0 aliphatic rings. The zero-order valence-electron chi connectivity index (χ0n) is 6.20. The molecule has 2 nitrogen and oxygen atoms in total. The molecule has 0 saturated carbocycles. The fourth-order valence-electron chi connectivity index (χ4n) is 0.649. The summed E-state index contributed by atoms with van der Waals surface area (Å²) in [6, 6.07) is 0. The Hall–Kier alpha value is -0.580. The third-order valence-electron chi connectivity index (χ3n) is 1.56. The first-order valence-electron chi connectivity index (χ1n) is 3.06. The molecule has 0 saturated heterocycles. The number of aliphatic hydroxyl groups is 1. The normalized spacial score (nSPS) is 17.6. The zero-order valence-corrected chi connectivity index (χ0v) is 6.20. The van der Waals surface area contributed by atoms with Gasteiger partial charge in [-0.3, -0.25) is 4.79 Å². The Morgan fingerprint density at radius 2 is 1.82 bits per heavy atom. The Balaban J connectivity index is 4.75. The molecule has 0 aliphatic heterocycles. The third kappa shape index (κ3) is 1.71. The van der Waals surface area contributed by atoms with E-state index in [0.29, 0.717) is 0 Å². The minimum atomic E-state index is -4.87. The van der Waals surface area contributed by atoms with Gasteiger partial charge >= 0.3 is 6.18 Å². The standard InChI is InChI=1S/C6H9F3O2/c1-3-5(11,4(2)10)6(7,8)9/h11H,3H2,1-2H3. The van der Waals surface area contributed by atoms with Crippen molar-refractivity contribution in [2.24, 2.45) is 0 Å². The minimum absolute atomic E-state index is 0.647. The van der Waals surface area contributed by atoms with Crippen LogP contribution in [0.1, 0.15) is 20.3 Å². The van der Waals surface area contributed by atoms with E-state index in [4.69, 9.17) is 5.11 Å². The van der Waals surface area contributed by atoms with Crippen molar-refractivity contribution in [2.75, 3.05) is 0 Å². The molecule has 0 aliphatic carbocycles. The number of rotatable bonds is 2. The first-order chi connectivity index (χ1) is 4.75. The summed E-state index contributed by atoms with van der Waals surface area (Å²) < 4.78 is 35.7. The fraction of sp³-hybridized carbons (Fsp3) is 0.833. The van der Waals surface area contributed by atoms with E-state index in [1.807, 2.05) is 0 Å². The van der Waals surface area contributed by atoms with Gasteiger partial charge in [0.1, 0.15) is 0 Å². The Labute approximate surface area is 62.0 Å². The van der Waals surface area contributed by atoms with E-state index in [0.717, 1.165) is 13.8 Å². The average molecular weight is 170 g/mol. The summed E-state index contributed by atoms with van der Waals surface area (Å²) >= 11 is 0. The van der Waals surface area contributed by atoms with Crippen LogP contribution in [-0.4, -0.2) is 22.7 Å². The number of Topliss-reactive ketones (excluding diaryl/α,β-unsaturated/α-hetero) is 1. The Morgan fingerprint density at radius 1 is 1.45 bits per heavy atom. The number of halogens is 3. The molecule has 5 heteroatoms. The van der Waals surface area contributed by atoms with Crippen LogP contribution in [-0.2, 0) is 4.79 Å². The van der Waals surface area contributed by atoms with Crippen LogP contribution in [0.3, 0.4) is 0 Å². The van der Waals surface area contributed by atoms with Crippen molar-refractivity contribution in [1.82, 2.24) is 0 Å². The number of ketones is 1. The fourth-order valence-corrected chi connectivity index (χ4v) is 0.649. The molecule has 0 heterocycles. The van der Waals surface area contributed by atoms with Gasteiger partial charge in [0.25, 0.3) is 0 Å². The molecule has 1 unspecified atom stereocenters. The van der Waals surface area contributed by atoms with Crippen molar-refractivity contribution < 1.29 is 23.1 Å². The van der Waals surface area contributed by atoms with E-state index in [1.54, 1.807) is 0 Å². The summed E-state index contributed by atoms with van der Waals surface area (Å²) in [6.45, 7) is 1.83. The molecule has 0 radical (unpaired) electrons. The van der Waals surface area contributed by atoms with Crippen molar-refractivity contribution in [2.45, 2.75) is 32.0 Å². The second-order valence-electron chi connectivity index (χ2n) is 2.27. The van der Waals surface area contributed by atoms with Crippen molar-refractivity contribution >= 4 is 5.78 Å². The van der Waals surface area contributed by atoms with Crippen LogP contribution in [0.15, 0.2) is 0 Å². The highest BCUT2D eigenvalue weighted by Crippen LogP contribution is 2.33. The molecular formula is C6H9F3O2. The lowest BCUT2D eigenvalue weighted by Gasteiger charge is -2.25. The quantitative estimate of drug-likeness (QED) is 0.677. The van der Waals surface area contributed by atoms with E-state index in [-0.39, 0.29) is 0 Å². The van der Waals surface area contributed by atoms with Gasteiger partial charge in [-0.25, -0.2) is 0 Å². The van der Waals surface area contributed by atoms with E-state index < -0.39 is 24.0 Å². The van der Waals surface area contributed by atoms with Crippen LogP contribution in [0.2, 0.25) is 0 Å². The van der Waals surface area contributed by atoms with Crippen LogP contribution in [0, 0.1) is 0 Å². The number of alkyl halides is 3. The number of hydrogen-bond acceptors (Lipinski definition) is 2. The highest BCUT2D eigenvalue weighted by atomic mass is 19.4. The number of carbonyl (C=O) groups is 1. The molecule has 1 N–H and O–H groups in total. The third-order valence-corrected chi connectivity index (χ3v) is 1.56. The SMILES string of the molecule is CCC(O)(C(C)=O)C(F)(F)F. The van der Waals surface area contributed by atoms with Crippen LogP contribution in [0.5, 0.6) is 0 Å². The van der Waals surface area contributed by atoms with Gasteiger partial charge in [0.2, 0.25) is 5.60 Å². The molecule has 0 amide bonds. The number of hydrogen-bond donors (Lipinski definition) is 1. The van der Waals surface area contributed by atoms with Crippen molar-refractivity contribution in [3.63, 3.8) is 0 Å². The van der Waals surface area contributed by atoms with Gasteiger partial charge in [-0.1, -0.05) is 6.92 Å². The maximum atomic E-state index is 11.9. The molecule has 11 heavy (non-hydrogen) atoms. The molecule has 66 valence electrons. The lowest BCUT2D eigenvalue weighted by atomic mass is 9.96. The van der Waals surface area contributed by atoms with Gasteiger partial charge in [0, 0.05) is 0 Å². The lowest BCUT2D eigenvalue weighted by Crippen LogP contribution is -2.50. The van der Waals surface area contributed by atoms with E-state index in [2.05, 4.69) is 0 Å². The lowest BCUT2D eigenvalue weighted by molar-refractivity contribution is -0.250. The molecule has 0 rings (SSSR count). The summed E-state index contributed by atoms with van der Waals surface area (Å²) in [5.74, 6) is -1.27. The van der Waals surface area contributed by atoms with Crippen molar-refractivity contribution in [3.8, 4) is 0 Å². The maximum Gasteiger partial charge on any atom is 0.424 e. The highest BCUT2D eigenvalue weighted by Gasteiger charge is 2.55. The topological polar surface area (TPSA) is 37.3 Å². The molecule has 1 atom stereocenters. The Bertz CT molecular complexity index is 164. The van der Waals surface area contributed by atoms with Gasteiger partial charge in [-0.2, -0.15) is 13.2 Å². The first-order valence-corrected chi connectivity index (χ1v) is 3.06. The smallest absolute Gasteiger partial charge is 0.374 e. The van der Waals surface area contributed by atoms with Crippen LogP contribution in [0.4, 0.5) is 13.2 Å². The minimum Gasteiger partial charge on any atom is -0.374 e. The molecule has 0 aromatic heterocycles. The zero-order chi connectivity index (χ0) is 9.28. The van der Waals surface area contributed by atoms with Crippen LogP contribution < -0.4 is 0 Å². The Morgan fingerprint density at radius 3 is 1.82 bits per heavy atom. The van der Waals surface area contributed by atoms with Gasteiger partial charge in [-0.15, -0.1) is 0 Å². The molecule has 0 spiro atoms. The summed E-state index contributed by atoms with van der Waals surface area (Å²) in [5, 5.41) is 8.76. The molecule has 0 aromatic carbocycles. The summed E-state index contributed by atoms with van der Waals surface area (Å²) in [5.41, 5.74) is -3.16. The van der Waals surface area contributed by atoms with E-state index in [1.165, 1.54) is 0 Å². The predicted molar refractivity (Wildman–Crippen MR) is 32.0 cm³/mol. The maximum absolute atomic E-state index is 11.9. The Kier molecular flexibility index (Phi) is 2.66. The summed E-state index contributed by atoms with van der Waals surface area (Å²) in [6.07, 6.45) is -5.51. The van der Waals surface area contributed by atoms with Crippen molar-refractivity contribution in [3.05, 3.63) is 0 Å². The van der Waals surface area contributed by atoms with Gasteiger partial charge < -0.3 is 5.11 Å². The van der Waals surface area contributed by atoms with Gasteiger partial charge in [0.15, 0.2) is 5.78 Å². The average Bonchev–Trinajstić information content (AvgIpc) is 1.83. The van der Waals surface area contributed by atoms with E-state index in [9.17, 15) is 18.0 Å². The van der Waals surface area contributed by atoms with Crippen LogP contribution in [0.25, 0.3) is 0 Å². The van der Waals surface area contributed by atoms with E-state index >= 15 is 0 Å². The molecule has 0 fully saturated rings. The second kappa shape index (κ2) is 2.81. The number of carbonyl (C=O) groups excluding carboxylic acids is 1. The largest absolute Gasteiger partial charge is 0.424 e. The molecular weight excluding hydrogens is 161 g/mol.